The molecular formula is C18H30O6. The molecule has 0 N–H and O–H groups in total. The lowest BCUT2D eigenvalue weighted by Gasteiger charge is -2.17. The lowest BCUT2D eigenvalue weighted by molar-refractivity contribution is -0.165. The summed E-state index contributed by atoms with van der Waals surface area (Å²) in [5.41, 5.74) is 0. The van der Waals surface area contributed by atoms with Crippen molar-refractivity contribution in [2.45, 2.75) is 71.8 Å². The second-order valence-electron chi connectivity index (χ2n) is 5.59. The topological polar surface area (TPSA) is 78.9 Å². The number of unbranched alkanes of at least 4 members (excludes halogenated alkanes) is 5. The quantitative estimate of drug-likeness (QED) is 0.221. The first-order valence-corrected chi connectivity index (χ1v) is 8.53. The second kappa shape index (κ2) is 14.7. The van der Waals surface area contributed by atoms with Gasteiger partial charge in [0.05, 0.1) is 0 Å². The Labute approximate surface area is 144 Å². The third kappa shape index (κ3) is 15.1. The standard InChI is InChI=1S/C18H30O6/c1-4-5-6-7-8-9-10-11-12-18(21)24-17(13-22-15(2)19)14-23-16(3)20/h4-5,17H,6-14H2,1-3H3. The van der Waals surface area contributed by atoms with E-state index in [0.717, 1.165) is 32.1 Å². The summed E-state index contributed by atoms with van der Waals surface area (Å²) in [4.78, 5) is 33.5. The summed E-state index contributed by atoms with van der Waals surface area (Å²) in [5, 5.41) is 0. The van der Waals surface area contributed by atoms with Crippen LogP contribution in [0.5, 0.6) is 0 Å². The molecule has 0 fully saturated rings. The number of hydrogen-bond donors (Lipinski definition) is 0. The molecule has 0 unspecified atom stereocenters. The highest BCUT2D eigenvalue weighted by atomic mass is 16.6. The molecule has 0 radical (unpaired) electrons. The van der Waals surface area contributed by atoms with Crippen LogP contribution in [-0.2, 0) is 28.6 Å². The number of esters is 3. The minimum Gasteiger partial charge on any atom is -0.462 e. The normalized spacial score (nSPS) is 10.8. The smallest absolute Gasteiger partial charge is 0.306 e. The van der Waals surface area contributed by atoms with Gasteiger partial charge >= 0.3 is 17.9 Å². The van der Waals surface area contributed by atoms with Crippen molar-refractivity contribution in [2.24, 2.45) is 0 Å². The minimum absolute atomic E-state index is 0.112. The predicted octanol–water partition coefficient (Wildman–Crippen LogP) is 3.33. The van der Waals surface area contributed by atoms with Crippen molar-refractivity contribution < 1.29 is 28.6 Å². The summed E-state index contributed by atoms with van der Waals surface area (Å²) in [7, 11) is 0. The largest absolute Gasteiger partial charge is 0.462 e. The number of allylic oxidation sites excluding steroid dienone is 2. The zero-order valence-electron chi connectivity index (χ0n) is 15.0. The van der Waals surface area contributed by atoms with Crippen molar-refractivity contribution in [3.8, 4) is 0 Å². The summed E-state index contributed by atoms with van der Waals surface area (Å²) >= 11 is 0. The monoisotopic (exact) mass is 342 g/mol. The van der Waals surface area contributed by atoms with E-state index in [-0.39, 0.29) is 19.2 Å². The van der Waals surface area contributed by atoms with Crippen LogP contribution in [0.25, 0.3) is 0 Å². The van der Waals surface area contributed by atoms with Gasteiger partial charge in [-0.3, -0.25) is 14.4 Å². The van der Waals surface area contributed by atoms with E-state index in [0.29, 0.717) is 6.42 Å². The maximum Gasteiger partial charge on any atom is 0.306 e. The lowest BCUT2D eigenvalue weighted by atomic mass is 10.1. The van der Waals surface area contributed by atoms with E-state index < -0.39 is 18.0 Å². The molecule has 0 aliphatic rings. The minimum atomic E-state index is -0.758. The van der Waals surface area contributed by atoms with Gasteiger partial charge in [0.15, 0.2) is 6.10 Å². The number of carbonyl (C=O) groups excluding carboxylic acids is 3. The van der Waals surface area contributed by atoms with Crippen molar-refractivity contribution in [1.82, 2.24) is 0 Å². The van der Waals surface area contributed by atoms with Crippen molar-refractivity contribution in [1.29, 1.82) is 0 Å². The fourth-order valence-electron chi connectivity index (χ4n) is 2.01. The fraction of sp³-hybridized carbons (Fsp3) is 0.722. The predicted molar refractivity (Wildman–Crippen MR) is 90.3 cm³/mol. The van der Waals surface area contributed by atoms with E-state index in [2.05, 4.69) is 12.2 Å². The molecule has 0 saturated heterocycles. The summed E-state index contributed by atoms with van der Waals surface area (Å²) in [6.07, 6.45) is 10.0. The van der Waals surface area contributed by atoms with Crippen LogP contribution in [0.4, 0.5) is 0 Å². The molecule has 24 heavy (non-hydrogen) atoms. The molecule has 0 atom stereocenters. The number of carbonyl (C=O) groups is 3. The average molecular weight is 342 g/mol. The third-order valence-corrected chi connectivity index (χ3v) is 3.23. The summed E-state index contributed by atoms with van der Waals surface area (Å²) in [5.74, 6) is -1.32. The third-order valence-electron chi connectivity index (χ3n) is 3.23. The van der Waals surface area contributed by atoms with E-state index >= 15 is 0 Å². The zero-order valence-corrected chi connectivity index (χ0v) is 15.0. The van der Waals surface area contributed by atoms with E-state index in [4.69, 9.17) is 14.2 Å². The Balaban J connectivity index is 3.90. The van der Waals surface area contributed by atoms with Crippen LogP contribution >= 0.6 is 0 Å². The average Bonchev–Trinajstić information content (AvgIpc) is 2.52. The first-order chi connectivity index (χ1) is 11.5. The van der Waals surface area contributed by atoms with Gasteiger partial charge in [-0.1, -0.05) is 31.4 Å². The second-order valence-corrected chi connectivity index (χ2v) is 5.59. The Kier molecular flexibility index (Phi) is 13.6. The van der Waals surface area contributed by atoms with Gasteiger partial charge in [-0.05, 0) is 26.2 Å². The van der Waals surface area contributed by atoms with Gasteiger partial charge in [0, 0.05) is 20.3 Å². The molecule has 0 aromatic rings. The van der Waals surface area contributed by atoms with Gasteiger partial charge in [0.1, 0.15) is 13.2 Å². The van der Waals surface area contributed by atoms with Gasteiger partial charge in [-0.15, -0.1) is 0 Å². The lowest BCUT2D eigenvalue weighted by Crippen LogP contribution is -2.30. The maximum absolute atomic E-state index is 11.8. The number of hydrogen-bond acceptors (Lipinski definition) is 6. The van der Waals surface area contributed by atoms with Crippen LogP contribution in [-0.4, -0.2) is 37.2 Å². The van der Waals surface area contributed by atoms with Gasteiger partial charge < -0.3 is 14.2 Å². The molecule has 0 amide bonds. The molecule has 0 heterocycles. The Bertz CT molecular complexity index is 384. The molecule has 0 bridgehead atoms. The van der Waals surface area contributed by atoms with Crippen LogP contribution in [0, 0.1) is 0 Å². The highest BCUT2D eigenvalue weighted by molar-refractivity contribution is 5.70. The highest BCUT2D eigenvalue weighted by Gasteiger charge is 2.17. The van der Waals surface area contributed by atoms with Crippen LogP contribution < -0.4 is 0 Å². The first kappa shape index (κ1) is 22.1. The van der Waals surface area contributed by atoms with Crippen LogP contribution in [0.1, 0.15) is 65.7 Å². The molecule has 0 aromatic carbocycles. The maximum atomic E-state index is 11.8. The van der Waals surface area contributed by atoms with Gasteiger partial charge in [-0.2, -0.15) is 0 Å². The Hall–Kier alpha value is -1.85. The zero-order chi connectivity index (χ0) is 18.2. The molecular weight excluding hydrogens is 312 g/mol. The van der Waals surface area contributed by atoms with Gasteiger partial charge in [0.25, 0.3) is 0 Å². The Morgan fingerprint density at radius 3 is 1.96 bits per heavy atom. The SMILES string of the molecule is CC=CCCCCCCCC(=O)OC(COC(C)=O)COC(C)=O. The fourth-order valence-corrected chi connectivity index (χ4v) is 2.01. The molecule has 0 aromatic heterocycles. The van der Waals surface area contributed by atoms with Crippen molar-refractivity contribution in [3.63, 3.8) is 0 Å². The molecule has 0 spiro atoms. The highest BCUT2D eigenvalue weighted by Crippen LogP contribution is 2.09. The Morgan fingerprint density at radius 2 is 1.42 bits per heavy atom. The van der Waals surface area contributed by atoms with E-state index in [1.54, 1.807) is 0 Å². The van der Waals surface area contributed by atoms with Crippen LogP contribution in [0.2, 0.25) is 0 Å². The van der Waals surface area contributed by atoms with Gasteiger partial charge in [-0.25, -0.2) is 0 Å². The molecule has 0 aliphatic heterocycles. The molecule has 0 rings (SSSR count). The van der Waals surface area contributed by atoms with Crippen LogP contribution in [0.15, 0.2) is 12.2 Å². The Morgan fingerprint density at radius 1 is 0.875 bits per heavy atom. The summed E-state index contributed by atoms with van der Waals surface area (Å²) < 4.78 is 14.8. The molecule has 138 valence electrons. The van der Waals surface area contributed by atoms with E-state index in [1.807, 2.05) is 6.92 Å². The van der Waals surface area contributed by atoms with Crippen LogP contribution in [0.3, 0.4) is 0 Å². The number of rotatable bonds is 13. The van der Waals surface area contributed by atoms with E-state index in [1.165, 1.54) is 20.3 Å². The summed E-state index contributed by atoms with van der Waals surface area (Å²) in [6, 6.07) is 0. The van der Waals surface area contributed by atoms with Crippen molar-refractivity contribution in [3.05, 3.63) is 12.2 Å². The molecule has 0 aliphatic carbocycles. The van der Waals surface area contributed by atoms with Crippen molar-refractivity contribution >= 4 is 17.9 Å². The number of ether oxygens (including phenoxy) is 3. The first-order valence-electron chi connectivity index (χ1n) is 8.53. The van der Waals surface area contributed by atoms with Crippen molar-refractivity contribution in [2.75, 3.05) is 13.2 Å². The molecule has 0 saturated carbocycles. The van der Waals surface area contributed by atoms with E-state index in [9.17, 15) is 14.4 Å². The molecule has 6 heteroatoms. The molecule has 6 nitrogen and oxygen atoms in total. The summed E-state index contributed by atoms with van der Waals surface area (Å²) in [6.45, 7) is 4.32. The van der Waals surface area contributed by atoms with Gasteiger partial charge in [0.2, 0.25) is 0 Å².